The summed E-state index contributed by atoms with van der Waals surface area (Å²) in [6.45, 7) is 1.71. The Bertz CT molecular complexity index is 1930. The molecule has 4 aromatic carbocycles. The number of hydrogen-bond acceptors (Lipinski definition) is 7. The minimum atomic E-state index is -1.40. The molecule has 1 aromatic heterocycles. The van der Waals surface area contributed by atoms with Crippen LogP contribution in [0.25, 0.3) is 11.0 Å². The van der Waals surface area contributed by atoms with Crippen LogP contribution >= 0.6 is 0 Å². The van der Waals surface area contributed by atoms with Crippen molar-refractivity contribution < 1.29 is 27.8 Å². The van der Waals surface area contributed by atoms with Crippen LogP contribution in [0, 0.1) is 11.6 Å². The number of benzene rings is 4. The number of nitrogens with zero attached hydrogens (tertiary/aromatic N) is 4. The van der Waals surface area contributed by atoms with Crippen molar-refractivity contribution in [3.63, 3.8) is 0 Å². The van der Waals surface area contributed by atoms with Gasteiger partial charge in [-0.05, 0) is 0 Å². The molecular weight excluding hydrogens is 643 g/mol. The van der Waals surface area contributed by atoms with E-state index < -0.39 is 44.2 Å². The van der Waals surface area contributed by atoms with E-state index in [1.165, 1.54) is 6.92 Å². The Labute approximate surface area is 263 Å². The number of anilines is 1. The molecule has 0 saturated heterocycles. The van der Waals surface area contributed by atoms with Crippen molar-refractivity contribution in [2.45, 2.75) is 30.8 Å². The molecule has 0 fully saturated rings. The Morgan fingerprint density at radius 2 is 1.62 bits per heavy atom. The number of carbonyl (C=O) groups excluding carboxylic acids is 3. The van der Waals surface area contributed by atoms with Crippen molar-refractivity contribution in [2.24, 2.45) is 4.99 Å². The summed E-state index contributed by atoms with van der Waals surface area (Å²) in [6, 6.07) is 24.2. The number of rotatable bonds is 9. The number of benzodiazepines with no additional fused rings is 1. The molecule has 0 spiro atoms. The summed E-state index contributed by atoms with van der Waals surface area (Å²) in [6.07, 6.45) is -0.310. The number of aliphatic imine (C=N–C) groups is 1. The van der Waals surface area contributed by atoms with Crippen molar-refractivity contribution in [1.29, 1.82) is 0 Å². The van der Waals surface area contributed by atoms with Gasteiger partial charge in [-0.25, -0.2) is 0 Å². The van der Waals surface area contributed by atoms with E-state index in [-0.39, 0.29) is 29.0 Å². The van der Waals surface area contributed by atoms with E-state index in [2.05, 4.69) is 15.6 Å². The first kappa shape index (κ1) is 30.0. The van der Waals surface area contributed by atoms with Crippen LogP contribution in [0.1, 0.15) is 29.2 Å². The second-order valence-corrected chi connectivity index (χ2v) is 12.9. The van der Waals surface area contributed by atoms with Crippen LogP contribution in [0.4, 0.5) is 14.5 Å². The molecule has 45 heavy (non-hydrogen) atoms. The van der Waals surface area contributed by atoms with Gasteiger partial charge in [-0.1, -0.05) is 0 Å². The Kier molecular flexibility index (Phi) is 8.62. The van der Waals surface area contributed by atoms with Crippen molar-refractivity contribution in [1.82, 2.24) is 15.6 Å². The quantitative estimate of drug-likeness (QED) is 0.236. The summed E-state index contributed by atoms with van der Waals surface area (Å²) in [5, 5.41) is 10.4. The molecule has 0 bridgehead atoms. The van der Waals surface area contributed by atoms with Gasteiger partial charge in [0.25, 0.3) is 0 Å². The van der Waals surface area contributed by atoms with Crippen LogP contribution in [-0.4, -0.2) is 59.0 Å². The number of nitrogens with one attached hydrogen (secondary N) is 1. The second kappa shape index (κ2) is 12.9. The average molecular weight is 669 g/mol. The predicted molar refractivity (Wildman–Crippen MR) is 164 cm³/mol. The van der Waals surface area contributed by atoms with E-state index in [0.717, 1.165) is 34.9 Å². The van der Waals surface area contributed by atoms with Gasteiger partial charge in [0.15, 0.2) is 0 Å². The molecular formula is C33H25AsF2N5O4. The molecule has 0 aliphatic carbocycles. The molecule has 1 aliphatic rings. The molecule has 2 heterocycles. The summed E-state index contributed by atoms with van der Waals surface area (Å²) in [5.74, 6) is -2.52. The Morgan fingerprint density at radius 3 is 2.40 bits per heavy atom. The van der Waals surface area contributed by atoms with Gasteiger partial charge in [0.1, 0.15) is 0 Å². The summed E-state index contributed by atoms with van der Waals surface area (Å²) in [7, 11) is 0. The van der Waals surface area contributed by atoms with Gasteiger partial charge in [0, 0.05) is 0 Å². The molecule has 2 atom stereocenters. The van der Waals surface area contributed by atoms with Crippen molar-refractivity contribution in [3.05, 3.63) is 125 Å². The Hall–Kier alpha value is -5.02. The van der Waals surface area contributed by atoms with Crippen molar-refractivity contribution in [2.75, 3.05) is 4.90 Å². The van der Waals surface area contributed by atoms with Gasteiger partial charge >= 0.3 is 264 Å². The molecule has 12 heteroatoms. The maximum absolute atomic E-state index is 14.3. The molecule has 0 saturated carbocycles. The minimum absolute atomic E-state index is 0.141. The monoisotopic (exact) mass is 668 g/mol. The number of para-hydroxylation sites is 1. The molecule has 5 aromatic rings. The third-order valence-corrected chi connectivity index (χ3v) is 9.74. The SMILES string of the molecule is C[C@H](NC(=O)Cc1cc(F)cc(F)c1)C(=O)[As]C1N=C(c2ccccc2)c2ccccc2N(Cc2ccc3nonc3c2)C1=O. The van der Waals surface area contributed by atoms with E-state index >= 15 is 0 Å². The zero-order chi connectivity index (χ0) is 31.5. The van der Waals surface area contributed by atoms with Crippen molar-refractivity contribution in [3.8, 4) is 0 Å². The summed E-state index contributed by atoms with van der Waals surface area (Å²) in [4.78, 5) is 46.0. The van der Waals surface area contributed by atoms with E-state index in [1.807, 2.05) is 60.7 Å². The molecule has 6 rings (SSSR count). The summed E-state index contributed by atoms with van der Waals surface area (Å²) >= 11 is -1.40. The number of hydrogen-bond donors (Lipinski definition) is 1. The van der Waals surface area contributed by atoms with Crippen LogP contribution in [0.2, 0.25) is 0 Å². The predicted octanol–water partition coefficient (Wildman–Crippen LogP) is 4.19. The average Bonchev–Trinajstić information content (AvgIpc) is 3.45. The van der Waals surface area contributed by atoms with Crippen LogP contribution in [0.5, 0.6) is 0 Å². The first-order valence-electron chi connectivity index (χ1n) is 14.0. The van der Waals surface area contributed by atoms with E-state index in [0.29, 0.717) is 22.4 Å². The standard InChI is InChI=1S/C33H25AsF2N5O4/c1-19(37-29(42)16-21-13-23(35)17-24(36)14-21)32(43)34-31-33(44)41(18-20-11-12-26-27(15-20)40-45-39-26)28-10-6-5-9-25(28)30(38-31)22-7-3-2-4-8-22/h2-15,17,19,31H,16,18H2,1H3,(H,37,42)/t19-,31?/m0/s1. The Morgan fingerprint density at radius 1 is 0.911 bits per heavy atom. The van der Waals surface area contributed by atoms with Crippen LogP contribution < -0.4 is 10.2 Å². The van der Waals surface area contributed by atoms with Gasteiger partial charge in [0.05, 0.1) is 0 Å². The van der Waals surface area contributed by atoms with Gasteiger partial charge in [-0.3, -0.25) is 0 Å². The zero-order valence-electron chi connectivity index (χ0n) is 23.9. The molecule has 9 nitrogen and oxygen atoms in total. The third-order valence-electron chi connectivity index (χ3n) is 7.18. The molecule has 225 valence electrons. The fraction of sp³-hybridized carbons (Fsp3) is 0.152. The van der Waals surface area contributed by atoms with E-state index in [4.69, 9.17) is 9.62 Å². The third kappa shape index (κ3) is 6.73. The fourth-order valence-corrected chi connectivity index (χ4v) is 7.08. The number of aromatic nitrogens is 2. The fourth-order valence-electron chi connectivity index (χ4n) is 5.08. The summed E-state index contributed by atoms with van der Waals surface area (Å²) < 4.78 is 31.7. The molecule has 1 N–H and O–H groups in total. The number of fused-ring (bicyclic) bond motifs is 2. The van der Waals surface area contributed by atoms with E-state index in [9.17, 15) is 23.2 Å². The van der Waals surface area contributed by atoms with Crippen LogP contribution in [0.3, 0.4) is 0 Å². The van der Waals surface area contributed by atoms with Gasteiger partial charge < -0.3 is 0 Å². The molecule has 1 unspecified atom stereocenters. The molecule has 1 radical (unpaired) electrons. The maximum atomic E-state index is 14.3. The first-order valence-corrected chi connectivity index (χ1v) is 16.0. The number of halogens is 2. The molecule has 1 aliphatic heterocycles. The van der Waals surface area contributed by atoms with Gasteiger partial charge in [-0.2, -0.15) is 0 Å². The zero-order valence-corrected chi connectivity index (χ0v) is 25.7. The number of amides is 2. The molecule has 2 amide bonds. The Balaban J connectivity index is 1.29. The van der Waals surface area contributed by atoms with Gasteiger partial charge in [-0.15, -0.1) is 0 Å². The van der Waals surface area contributed by atoms with E-state index in [1.54, 1.807) is 17.0 Å². The van der Waals surface area contributed by atoms with Crippen LogP contribution in [0.15, 0.2) is 101 Å². The second-order valence-electron chi connectivity index (χ2n) is 10.5. The van der Waals surface area contributed by atoms with Crippen LogP contribution in [-0.2, 0) is 27.3 Å². The first-order chi connectivity index (χ1) is 21.7. The van der Waals surface area contributed by atoms with Gasteiger partial charge in [0.2, 0.25) is 0 Å². The topological polar surface area (TPSA) is 118 Å². The van der Waals surface area contributed by atoms with Crippen molar-refractivity contribution >= 4 is 54.6 Å². The normalized spacial score (nSPS) is 15.5. The number of carbonyl (C=O) groups is 3. The summed E-state index contributed by atoms with van der Waals surface area (Å²) in [5.41, 5.74) is 4.80.